The lowest BCUT2D eigenvalue weighted by molar-refractivity contribution is -0.119. The Hall–Kier alpha value is -3.08. The molecule has 1 aliphatic rings. The highest BCUT2D eigenvalue weighted by Crippen LogP contribution is 2.37. The minimum absolute atomic E-state index is 0.146. The molecule has 2 aromatic carbocycles. The van der Waals surface area contributed by atoms with Crippen molar-refractivity contribution in [2.24, 2.45) is 5.92 Å². The molecular weight excluding hydrogens is 501 g/mol. The smallest absolute Gasteiger partial charge is 0.319 e. The van der Waals surface area contributed by atoms with E-state index in [-0.39, 0.29) is 17.7 Å². The summed E-state index contributed by atoms with van der Waals surface area (Å²) in [4.78, 5) is 25.6. The second-order valence-electron chi connectivity index (χ2n) is 7.56. The van der Waals surface area contributed by atoms with Gasteiger partial charge in [0, 0.05) is 10.6 Å². The van der Waals surface area contributed by atoms with Crippen LogP contribution in [0.25, 0.3) is 10.6 Å². The number of rotatable bonds is 7. The molecule has 0 bridgehead atoms. The number of nitrogens with zero attached hydrogens (tertiary/aromatic N) is 2. The van der Waals surface area contributed by atoms with Crippen molar-refractivity contribution in [2.45, 2.75) is 26.3 Å². The maximum atomic E-state index is 13.0. The van der Waals surface area contributed by atoms with Crippen LogP contribution in [0.5, 0.6) is 11.5 Å². The first kappa shape index (κ1) is 24.1. The largest absolute Gasteiger partial charge is 0.454 e. The SMILES string of the molecule is CCC(C)C(NC(=O)Nc1ccc(Cl)cc1Cl)C(=O)Nc1nnc(-c2ccc3c(c2)OCO3)s1. The molecule has 0 saturated heterocycles. The van der Waals surface area contributed by atoms with Gasteiger partial charge >= 0.3 is 6.03 Å². The van der Waals surface area contributed by atoms with Crippen molar-refractivity contribution in [3.8, 4) is 22.1 Å². The van der Waals surface area contributed by atoms with Gasteiger partial charge in [-0.3, -0.25) is 10.1 Å². The maximum absolute atomic E-state index is 13.0. The molecule has 3 amide bonds. The molecule has 3 N–H and O–H groups in total. The number of nitrogens with one attached hydrogen (secondary N) is 3. The minimum Gasteiger partial charge on any atom is -0.454 e. The average molecular weight is 522 g/mol. The number of hydrogen-bond donors (Lipinski definition) is 3. The van der Waals surface area contributed by atoms with E-state index < -0.39 is 18.0 Å². The molecular formula is C22H21Cl2N5O4S. The van der Waals surface area contributed by atoms with E-state index in [4.69, 9.17) is 32.7 Å². The van der Waals surface area contributed by atoms with E-state index in [0.717, 1.165) is 5.56 Å². The van der Waals surface area contributed by atoms with E-state index in [0.29, 0.717) is 38.8 Å². The summed E-state index contributed by atoms with van der Waals surface area (Å²) < 4.78 is 10.7. The van der Waals surface area contributed by atoms with Gasteiger partial charge in [0.05, 0.1) is 10.7 Å². The number of fused-ring (bicyclic) bond motifs is 1. The third-order valence-electron chi connectivity index (χ3n) is 5.24. The Morgan fingerprint density at radius 2 is 1.88 bits per heavy atom. The Morgan fingerprint density at radius 1 is 1.09 bits per heavy atom. The fraction of sp³-hybridized carbons (Fsp3) is 0.273. The Labute approximate surface area is 209 Å². The number of halogens is 2. The second kappa shape index (κ2) is 10.5. The van der Waals surface area contributed by atoms with Crippen LogP contribution >= 0.6 is 34.5 Å². The predicted molar refractivity (Wildman–Crippen MR) is 132 cm³/mol. The van der Waals surface area contributed by atoms with Gasteiger partial charge in [0.15, 0.2) is 11.5 Å². The van der Waals surface area contributed by atoms with Crippen LogP contribution in [0.2, 0.25) is 10.0 Å². The third-order valence-corrected chi connectivity index (χ3v) is 6.67. The lowest BCUT2D eigenvalue weighted by Crippen LogP contribution is -2.49. The standard InChI is InChI=1S/C22H21Cl2N5O4S/c1-3-11(2)18(26-21(31)25-15-6-5-13(23)9-14(15)24)19(30)27-22-29-28-20(34-22)12-4-7-16-17(8-12)33-10-32-16/h4-9,11,18H,3,10H2,1-2H3,(H2,25,26,31)(H,27,29,30). The number of hydrogen-bond acceptors (Lipinski definition) is 7. The van der Waals surface area contributed by atoms with Gasteiger partial charge in [0.2, 0.25) is 17.8 Å². The molecule has 0 spiro atoms. The summed E-state index contributed by atoms with van der Waals surface area (Å²) in [6, 6.07) is 8.78. The van der Waals surface area contributed by atoms with Crippen molar-refractivity contribution in [3.05, 3.63) is 46.4 Å². The molecule has 178 valence electrons. The summed E-state index contributed by atoms with van der Waals surface area (Å²) >= 11 is 13.2. The average Bonchev–Trinajstić information content (AvgIpc) is 3.47. The Balaban J connectivity index is 1.43. The fourth-order valence-electron chi connectivity index (χ4n) is 3.20. The molecule has 2 heterocycles. The monoisotopic (exact) mass is 521 g/mol. The summed E-state index contributed by atoms with van der Waals surface area (Å²) in [6.07, 6.45) is 0.665. The Morgan fingerprint density at radius 3 is 2.65 bits per heavy atom. The van der Waals surface area contributed by atoms with Crippen molar-refractivity contribution in [3.63, 3.8) is 0 Å². The van der Waals surface area contributed by atoms with E-state index >= 15 is 0 Å². The highest BCUT2D eigenvalue weighted by Gasteiger charge is 2.27. The first-order valence-corrected chi connectivity index (χ1v) is 12.0. The van der Waals surface area contributed by atoms with Crippen LogP contribution in [0.15, 0.2) is 36.4 Å². The number of ether oxygens (including phenoxy) is 2. The van der Waals surface area contributed by atoms with Crippen molar-refractivity contribution < 1.29 is 19.1 Å². The van der Waals surface area contributed by atoms with E-state index in [1.165, 1.54) is 17.4 Å². The molecule has 4 rings (SSSR count). The summed E-state index contributed by atoms with van der Waals surface area (Å²) in [5.74, 6) is 0.751. The van der Waals surface area contributed by atoms with Crippen molar-refractivity contribution in [1.82, 2.24) is 15.5 Å². The predicted octanol–water partition coefficient (Wildman–Crippen LogP) is 5.42. The molecule has 0 fully saturated rings. The van der Waals surface area contributed by atoms with Gasteiger partial charge in [0.25, 0.3) is 0 Å². The summed E-state index contributed by atoms with van der Waals surface area (Å²) in [7, 11) is 0. The Kier molecular flexibility index (Phi) is 7.40. The Bertz CT molecular complexity index is 1220. The highest BCUT2D eigenvalue weighted by atomic mass is 35.5. The van der Waals surface area contributed by atoms with Crippen LogP contribution in [-0.2, 0) is 4.79 Å². The molecule has 0 aliphatic carbocycles. The summed E-state index contributed by atoms with van der Waals surface area (Å²) in [5, 5.41) is 18.0. The van der Waals surface area contributed by atoms with Gasteiger partial charge in [-0.15, -0.1) is 10.2 Å². The normalized spacial score (nSPS) is 13.8. The molecule has 0 radical (unpaired) electrons. The van der Waals surface area contributed by atoms with Crippen LogP contribution in [0.3, 0.4) is 0 Å². The minimum atomic E-state index is -0.811. The highest BCUT2D eigenvalue weighted by molar-refractivity contribution is 7.18. The van der Waals surface area contributed by atoms with E-state index in [2.05, 4.69) is 26.1 Å². The zero-order valence-electron chi connectivity index (χ0n) is 18.2. The quantitative estimate of drug-likeness (QED) is 0.382. The molecule has 3 aromatic rings. The number of amides is 3. The summed E-state index contributed by atoms with van der Waals surface area (Å²) in [5.41, 5.74) is 1.17. The van der Waals surface area contributed by atoms with E-state index in [1.54, 1.807) is 18.2 Å². The second-order valence-corrected chi connectivity index (χ2v) is 9.38. The molecule has 9 nitrogen and oxygen atoms in total. The molecule has 34 heavy (non-hydrogen) atoms. The van der Waals surface area contributed by atoms with Gasteiger partial charge in [0.1, 0.15) is 11.0 Å². The van der Waals surface area contributed by atoms with Gasteiger partial charge in [-0.05, 0) is 42.3 Å². The molecule has 2 unspecified atom stereocenters. The molecule has 1 aromatic heterocycles. The van der Waals surface area contributed by atoms with Gasteiger partial charge < -0.3 is 20.1 Å². The number of carbonyl (C=O) groups is 2. The number of aromatic nitrogens is 2. The van der Waals surface area contributed by atoms with Crippen molar-refractivity contribution in [2.75, 3.05) is 17.4 Å². The number of benzene rings is 2. The van der Waals surface area contributed by atoms with Gasteiger partial charge in [-0.2, -0.15) is 0 Å². The first-order valence-electron chi connectivity index (χ1n) is 10.4. The van der Waals surface area contributed by atoms with Crippen LogP contribution in [0.1, 0.15) is 20.3 Å². The van der Waals surface area contributed by atoms with Crippen LogP contribution < -0.4 is 25.4 Å². The molecule has 2 atom stereocenters. The first-order chi connectivity index (χ1) is 16.3. The van der Waals surface area contributed by atoms with E-state index in [9.17, 15) is 9.59 Å². The third kappa shape index (κ3) is 5.52. The zero-order valence-corrected chi connectivity index (χ0v) is 20.6. The van der Waals surface area contributed by atoms with Crippen LogP contribution in [-0.4, -0.2) is 35.0 Å². The number of carbonyl (C=O) groups excluding carboxylic acids is 2. The lowest BCUT2D eigenvalue weighted by Gasteiger charge is -2.23. The van der Waals surface area contributed by atoms with Crippen LogP contribution in [0.4, 0.5) is 15.6 Å². The lowest BCUT2D eigenvalue weighted by atomic mass is 9.98. The maximum Gasteiger partial charge on any atom is 0.319 e. The van der Waals surface area contributed by atoms with Crippen molar-refractivity contribution >= 4 is 57.3 Å². The van der Waals surface area contributed by atoms with E-state index in [1.807, 2.05) is 26.0 Å². The fourth-order valence-corrected chi connectivity index (χ4v) is 4.39. The van der Waals surface area contributed by atoms with Gasteiger partial charge in [-0.1, -0.05) is 54.8 Å². The number of anilines is 2. The summed E-state index contributed by atoms with van der Waals surface area (Å²) in [6.45, 7) is 3.99. The van der Waals surface area contributed by atoms with Gasteiger partial charge in [-0.25, -0.2) is 4.79 Å². The molecule has 0 saturated carbocycles. The van der Waals surface area contributed by atoms with Crippen LogP contribution in [0, 0.1) is 5.92 Å². The number of urea groups is 1. The topological polar surface area (TPSA) is 114 Å². The molecule has 12 heteroatoms. The molecule has 1 aliphatic heterocycles. The van der Waals surface area contributed by atoms with Crippen molar-refractivity contribution in [1.29, 1.82) is 0 Å². The zero-order chi connectivity index (χ0) is 24.2.